The maximum Gasteiger partial charge on any atom is 0.142 e. The first-order valence-electron chi connectivity index (χ1n) is 4.00. The molecule has 0 radical (unpaired) electrons. The molecule has 1 rings (SSSR count). The maximum atomic E-state index is 4.12. The molecule has 0 saturated carbocycles. The molecule has 0 aliphatic carbocycles. The lowest BCUT2D eigenvalue weighted by Crippen LogP contribution is -2.46. The molecule has 0 atom stereocenters. The van der Waals surface area contributed by atoms with E-state index >= 15 is 0 Å². The van der Waals surface area contributed by atoms with Gasteiger partial charge in [-0.3, -0.25) is 5.43 Å². The molecule has 0 bridgehead atoms. The average molecular weight is 156 g/mol. The van der Waals surface area contributed by atoms with Crippen molar-refractivity contribution in [2.24, 2.45) is 11.0 Å². The van der Waals surface area contributed by atoms with Crippen LogP contribution in [0.5, 0.6) is 0 Å². The molecule has 1 aliphatic heterocycles. The van der Waals surface area contributed by atoms with E-state index in [0.717, 1.165) is 5.84 Å². The van der Waals surface area contributed by atoms with Crippen LogP contribution < -0.4 is 11.0 Å². The molecule has 4 nitrogen and oxygen atoms in total. The molecule has 1 aliphatic rings. The molecule has 0 aromatic carbocycles. The smallest absolute Gasteiger partial charge is 0.142 e. The third-order valence-corrected chi connectivity index (χ3v) is 1.58. The molecule has 1 heterocycles. The van der Waals surface area contributed by atoms with Gasteiger partial charge in [0.15, 0.2) is 0 Å². The predicted octanol–water partition coefficient (Wildman–Crippen LogP) is 0.689. The van der Waals surface area contributed by atoms with Crippen LogP contribution in [0.1, 0.15) is 27.7 Å². The van der Waals surface area contributed by atoms with E-state index in [0.29, 0.717) is 12.0 Å². The van der Waals surface area contributed by atoms with Crippen LogP contribution in [0.4, 0.5) is 0 Å². The number of hydrazone groups is 1. The topological polar surface area (TPSA) is 39.7 Å². The summed E-state index contributed by atoms with van der Waals surface area (Å²) in [7, 11) is 0. The van der Waals surface area contributed by atoms with Crippen molar-refractivity contribution in [1.29, 1.82) is 0 Å². The lowest BCUT2D eigenvalue weighted by Gasteiger charge is -2.19. The summed E-state index contributed by atoms with van der Waals surface area (Å²) in [5.41, 5.74) is 6.06. The van der Waals surface area contributed by atoms with E-state index in [9.17, 15) is 0 Å². The Morgan fingerprint density at radius 2 is 1.91 bits per heavy atom. The highest BCUT2D eigenvalue weighted by molar-refractivity contribution is 5.84. The Morgan fingerprint density at radius 3 is 2.18 bits per heavy atom. The fourth-order valence-electron chi connectivity index (χ4n) is 0.784. The van der Waals surface area contributed by atoms with Gasteiger partial charge in [0.2, 0.25) is 0 Å². The van der Waals surface area contributed by atoms with Gasteiger partial charge in [0.25, 0.3) is 0 Å². The minimum absolute atomic E-state index is 0.412. The second kappa shape index (κ2) is 3.09. The van der Waals surface area contributed by atoms with Gasteiger partial charge in [-0.2, -0.15) is 0 Å². The van der Waals surface area contributed by atoms with Crippen LogP contribution in [-0.2, 0) is 0 Å². The van der Waals surface area contributed by atoms with Gasteiger partial charge in [-0.25, -0.2) is 5.53 Å². The minimum Gasteiger partial charge on any atom is -0.286 e. The molecule has 0 amide bonds. The molecule has 0 unspecified atom stereocenters. The number of amidine groups is 1. The standard InChI is InChI=1S/C7H16N4/c1-5(2)7-8-10-11(9-7)6(3)4/h5-6,10H,1-4H3,(H,8,9). The monoisotopic (exact) mass is 156 g/mol. The molecule has 0 saturated heterocycles. The number of hydrogen-bond donors (Lipinski definition) is 2. The highest BCUT2D eigenvalue weighted by atomic mass is 15.9. The van der Waals surface area contributed by atoms with Gasteiger partial charge >= 0.3 is 0 Å². The average Bonchev–Trinajstić information content (AvgIpc) is 2.33. The molecule has 64 valence electrons. The Kier molecular flexibility index (Phi) is 2.34. The first-order valence-corrected chi connectivity index (χ1v) is 4.00. The second-order valence-electron chi connectivity index (χ2n) is 3.33. The van der Waals surface area contributed by atoms with Gasteiger partial charge in [0, 0.05) is 12.0 Å². The van der Waals surface area contributed by atoms with Crippen molar-refractivity contribution in [3.8, 4) is 0 Å². The number of nitrogens with zero attached hydrogens (tertiary/aromatic N) is 2. The fraction of sp³-hybridized carbons (Fsp3) is 0.857. The zero-order valence-corrected chi connectivity index (χ0v) is 7.55. The van der Waals surface area contributed by atoms with E-state index in [4.69, 9.17) is 0 Å². The van der Waals surface area contributed by atoms with Crippen molar-refractivity contribution in [2.75, 3.05) is 0 Å². The summed E-state index contributed by atoms with van der Waals surface area (Å²) in [6.07, 6.45) is 0. The third-order valence-electron chi connectivity index (χ3n) is 1.58. The molecular weight excluding hydrogens is 140 g/mol. The Hall–Kier alpha value is -0.770. The summed E-state index contributed by atoms with van der Waals surface area (Å²) in [5, 5.41) is 6.00. The molecule has 0 fully saturated rings. The van der Waals surface area contributed by atoms with Gasteiger partial charge in [-0.05, 0) is 13.8 Å². The quantitative estimate of drug-likeness (QED) is 0.618. The molecule has 0 aromatic rings. The first-order chi connectivity index (χ1) is 5.11. The number of hydrazine groups is 2. The highest BCUT2D eigenvalue weighted by Gasteiger charge is 2.18. The van der Waals surface area contributed by atoms with E-state index in [1.165, 1.54) is 0 Å². The normalized spacial score (nSPS) is 18.5. The van der Waals surface area contributed by atoms with Crippen LogP contribution in [0.15, 0.2) is 5.10 Å². The van der Waals surface area contributed by atoms with Gasteiger partial charge in [-0.1, -0.05) is 13.8 Å². The van der Waals surface area contributed by atoms with Crippen LogP contribution in [0.2, 0.25) is 0 Å². The van der Waals surface area contributed by atoms with Crippen molar-refractivity contribution >= 4 is 5.84 Å². The van der Waals surface area contributed by atoms with Crippen LogP contribution >= 0.6 is 0 Å². The fourth-order valence-corrected chi connectivity index (χ4v) is 0.784. The van der Waals surface area contributed by atoms with E-state index in [-0.39, 0.29) is 0 Å². The molecule has 0 aromatic heterocycles. The Bertz CT molecular complexity index is 162. The SMILES string of the molecule is CC(C)C1=NNN(C(C)C)N1. The van der Waals surface area contributed by atoms with Crippen molar-refractivity contribution in [3.05, 3.63) is 0 Å². The van der Waals surface area contributed by atoms with Crippen LogP contribution in [0.25, 0.3) is 0 Å². The molecule has 11 heavy (non-hydrogen) atoms. The summed E-state index contributed by atoms with van der Waals surface area (Å²) in [6, 6.07) is 0.412. The van der Waals surface area contributed by atoms with Gasteiger partial charge in [0.1, 0.15) is 5.84 Å². The Labute approximate surface area is 67.6 Å². The third kappa shape index (κ3) is 1.83. The molecular formula is C7H16N4. The minimum atomic E-state index is 0.412. The summed E-state index contributed by atoms with van der Waals surface area (Å²) in [5.74, 6) is 1.45. The van der Waals surface area contributed by atoms with Gasteiger partial charge in [0.05, 0.1) is 0 Å². The van der Waals surface area contributed by atoms with Crippen molar-refractivity contribution in [2.45, 2.75) is 33.7 Å². The van der Waals surface area contributed by atoms with E-state index in [1.807, 2.05) is 5.12 Å². The van der Waals surface area contributed by atoms with E-state index < -0.39 is 0 Å². The van der Waals surface area contributed by atoms with Crippen molar-refractivity contribution < 1.29 is 0 Å². The van der Waals surface area contributed by atoms with Crippen molar-refractivity contribution in [3.63, 3.8) is 0 Å². The zero-order chi connectivity index (χ0) is 8.43. The Morgan fingerprint density at radius 1 is 1.27 bits per heavy atom. The second-order valence-corrected chi connectivity index (χ2v) is 3.33. The summed E-state index contributed by atoms with van der Waals surface area (Å²) < 4.78 is 0. The zero-order valence-electron chi connectivity index (χ0n) is 7.55. The lowest BCUT2D eigenvalue weighted by molar-refractivity contribution is 0.132. The molecule has 0 spiro atoms. The lowest BCUT2D eigenvalue weighted by atomic mass is 10.2. The van der Waals surface area contributed by atoms with Crippen LogP contribution in [0.3, 0.4) is 0 Å². The Balaban J connectivity index is 2.43. The number of nitrogens with one attached hydrogen (secondary N) is 2. The summed E-state index contributed by atoms with van der Waals surface area (Å²) in [6.45, 7) is 8.41. The first kappa shape index (κ1) is 8.33. The maximum absolute atomic E-state index is 4.12. The highest BCUT2D eigenvalue weighted by Crippen LogP contribution is 2.01. The molecule has 2 N–H and O–H groups in total. The largest absolute Gasteiger partial charge is 0.286 e. The number of hydrogen-bond acceptors (Lipinski definition) is 4. The van der Waals surface area contributed by atoms with E-state index in [2.05, 4.69) is 43.8 Å². The molecule has 4 heteroatoms. The summed E-state index contributed by atoms with van der Waals surface area (Å²) in [4.78, 5) is 0. The van der Waals surface area contributed by atoms with E-state index in [1.54, 1.807) is 0 Å². The van der Waals surface area contributed by atoms with Crippen LogP contribution in [-0.4, -0.2) is 17.0 Å². The van der Waals surface area contributed by atoms with Crippen molar-refractivity contribution in [1.82, 2.24) is 16.1 Å². The van der Waals surface area contributed by atoms with Crippen LogP contribution in [0, 0.1) is 5.92 Å². The summed E-state index contributed by atoms with van der Waals surface area (Å²) >= 11 is 0. The van der Waals surface area contributed by atoms with Gasteiger partial charge < -0.3 is 0 Å². The van der Waals surface area contributed by atoms with Gasteiger partial charge in [-0.15, -0.1) is 10.2 Å². The predicted molar refractivity (Wildman–Crippen MR) is 45.5 cm³/mol. The number of rotatable bonds is 2.